The molecule has 0 aliphatic carbocycles. The molecule has 4 rings (SSSR count). The van der Waals surface area contributed by atoms with Crippen molar-refractivity contribution in [3.63, 3.8) is 0 Å². The normalized spacial score (nSPS) is 11.4. The molecule has 0 fully saturated rings. The molecule has 0 bridgehead atoms. The zero-order chi connectivity index (χ0) is 25.6. The van der Waals surface area contributed by atoms with E-state index < -0.39 is 0 Å². The van der Waals surface area contributed by atoms with Gasteiger partial charge in [-0.2, -0.15) is 20.4 Å². The molecular formula is C28H20F4N4. The Labute approximate surface area is 205 Å². The average Bonchev–Trinajstić information content (AvgIpc) is 2.85. The van der Waals surface area contributed by atoms with E-state index in [-0.39, 0.29) is 23.3 Å². The lowest BCUT2D eigenvalue weighted by Gasteiger charge is -1.91. The fraction of sp³-hybridized carbons (Fsp3) is 0. The van der Waals surface area contributed by atoms with Gasteiger partial charge < -0.3 is 0 Å². The third-order valence-electron chi connectivity index (χ3n) is 4.36. The topological polar surface area (TPSA) is 49.4 Å². The molecular weight excluding hydrogens is 468 g/mol. The second-order valence-corrected chi connectivity index (χ2v) is 7.20. The molecule has 0 radical (unpaired) electrons. The summed E-state index contributed by atoms with van der Waals surface area (Å²) in [5, 5.41) is 15.1. The molecule has 0 atom stereocenters. The first kappa shape index (κ1) is 25.9. The van der Waals surface area contributed by atoms with E-state index in [1.165, 1.54) is 73.4 Å². The van der Waals surface area contributed by atoms with Crippen LogP contribution in [0.2, 0.25) is 0 Å². The highest BCUT2D eigenvalue weighted by atomic mass is 19.1. The predicted molar refractivity (Wildman–Crippen MR) is 136 cm³/mol. The fourth-order valence-electron chi connectivity index (χ4n) is 2.75. The first-order chi connectivity index (χ1) is 17.5. The molecule has 0 amide bonds. The molecule has 180 valence electrons. The monoisotopic (exact) mass is 488 g/mol. The molecule has 0 aliphatic heterocycles. The number of halogens is 4. The number of hydrogen-bond acceptors (Lipinski definition) is 4. The van der Waals surface area contributed by atoms with Gasteiger partial charge in [0.1, 0.15) is 23.3 Å². The Kier molecular flexibility index (Phi) is 9.97. The van der Waals surface area contributed by atoms with Crippen LogP contribution in [0.1, 0.15) is 22.3 Å². The number of rotatable bonds is 6. The van der Waals surface area contributed by atoms with Crippen LogP contribution in [0.3, 0.4) is 0 Å². The number of hydrogen-bond donors (Lipinski definition) is 0. The molecule has 4 aromatic rings. The summed E-state index contributed by atoms with van der Waals surface area (Å²) in [6.07, 6.45) is 5.72. The summed E-state index contributed by atoms with van der Waals surface area (Å²) in [6.45, 7) is 0. The summed E-state index contributed by atoms with van der Waals surface area (Å²) in [5.74, 6) is -1.30. The Hall–Kier alpha value is -4.72. The standard InChI is InChI=1S/2C14H10F2N2/c2*15-13-5-1-3-11(7-13)9-17-18-10-12-4-2-6-14(16)8-12/h2*1-10H/b2*17-9+,18-10+. The van der Waals surface area contributed by atoms with E-state index in [4.69, 9.17) is 0 Å². The van der Waals surface area contributed by atoms with Gasteiger partial charge in [-0.15, -0.1) is 0 Å². The van der Waals surface area contributed by atoms with Gasteiger partial charge in [-0.3, -0.25) is 0 Å². The summed E-state index contributed by atoms with van der Waals surface area (Å²) in [6, 6.07) is 24.0. The van der Waals surface area contributed by atoms with Crippen molar-refractivity contribution >= 4 is 24.9 Å². The van der Waals surface area contributed by atoms with Crippen molar-refractivity contribution in [1.29, 1.82) is 0 Å². The lowest BCUT2D eigenvalue weighted by molar-refractivity contribution is 0.627. The van der Waals surface area contributed by atoms with Crippen LogP contribution < -0.4 is 0 Å². The molecule has 0 saturated carbocycles. The van der Waals surface area contributed by atoms with Crippen molar-refractivity contribution in [3.05, 3.63) is 143 Å². The van der Waals surface area contributed by atoms with E-state index in [1.807, 2.05) is 0 Å². The SMILES string of the molecule is Fc1cccc(/C=N/N=C/c2cccc(F)c2)c1.Fc1cccc(/C=N/N=C/c2cccc(F)c2)c1. The first-order valence-corrected chi connectivity index (χ1v) is 10.6. The Morgan fingerprint density at radius 1 is 0.361 bits per heavy atom. The molecule has 4 aromatic carbocycles. The molecule has 36 heavy (non-hydrogen) atoms. The largest absolute Gasteiger partial charge is 0.207 e. The third-order valence-corrected chi connectivity index (χ3v) is 4.36. The van der Waals surface area contributed by atoms with Crippen LogP contribution in [0, 0.1) is 23.3 Å². The van der Waals surface area contributed by atoms with Crippen LogP contribution >= 0.6 is 0 Å². The van der Waals surface area contributed by atoms with Crippen molar-refractivity contribution in [3.8, 4) is 0 Å². The molecule has 0 aliphatic rings. The van der Waals surface area contributed by atoms with E-state index in [1.54, 1.807) is 48.5 Å². The van der Waals surface area contributed by atoms with Crippen LogP contribution in [-0.2, 0) is 0 Å². The molecule has 0 unspecified atom stereocenters. The second-order valence-electron chi connectivity index (χ2n) is 7.20. The summed E-state index contributed by atoms with van der Waals surface area (Å²) >= 11 is 0. The highest BCUT2D eigenvalue weighted by Gasteiger charge is 1.93. The predicted octanol–water partition coefficient (Wildman–Crippen LogP) is 6.84. The number of nitrogens with zero attached hydrogens (tertiary/aromatic N) is 4. The summed E-state index contributed by atoms with van der Waals surface area (Å²) in [5.41, 5.74) is 2.47. The zero-order valence-electron chi connectivity index (χ0n) is 18.8. The first-order valence-electron chi connectivity index (χ1n) is 10.6. The van der Waals surface area contributed by atoms with Crippen LogP contribution in [0.5, 0.6) is 0 Å². The molecule has 0 aromatic heterocycles. The van der Waals surface area contributed by atoms with Crippen LogP contribution in [0.15, 0.2) is 117 Å². The Balaban J connectivity index is 0.000000201. The minimum Gasteiger partial charge on any atom is -0.207 e. The zero-order valence-corrected chi connectivity index (χ0v) is 18.8. The van der Waals surface area contributed by atoms with E-state index in [0.29, 0.717) is 22.3 Å². The van der Waals surface area contributed by atoms with Gasteiger partial charge in [-0.05, 0) is 70.8 Å². The van der Waals surface area contributed by atoms with Crippen LogP contribution in [0.4, 0.5) is 17.6 Å². The molecule has 0 N–H and O–H groups in total. The van der Waals surface area contributed by atoms with Gasteiger partial charge in [0.05, 0.1) is 24.9 Å². The maximum absolute atomic E-state index is 12.8. The van der Waals surface area contributed by atoms with Crippen molar-refractivity contribution in [1.82, 2.24) is 0 Å². The van der Waals surface area contributed by atoms with Crippen molar-refractivity contribution < 1.29 is 17.6 Å². The highest BCUT2D eigenvalue weighted by molar-refractivity contribution is 5.83. The average molecular weight is 488 g/mol. The summed E-state index contributed by atoms with van der Waals surface area (Å²) < 4.78 is 51.4. The lowest BCUT2D eigenvalue weighted by atomic mass is 10.2. The van der Waals surface area contributed by atoms with Crippen molar-refractivity contribution in [2.24, 2.45) is 20.4 Å². The van der Waals surface area contributed by atoms with E-state index >= 15 is 0 Å². The van der Waals surface area contributed by atoms with E-state index in [9.17, 15) is 17.6 Å². The van der Waals surface area contributed by atoms with E-state index in [0.717, 1.165) is 0 Å². The Bertz CT molecular complexity index is 1180. The van der Waals surface area contributed by atoms with Gasteiger partial charge in [0.15, 0.2) is 0 Å². The number of benzene rings is 4. The maximum Gasteiger partial charge on any atom is 0.123 e. The van der Waals surface area contributed by atoms with Gasteiger partial charge in [0.25, 0.3) is 0 Å². The molecule has 0 spiro atoms. The highest BCUT2D eigenvalue weighted by Crippen LogP contribution is 2.03. The van der Waals surface area contributed by atoms with Gasteiger partial charge in [0, 0.05) is 0 Å². The maximum atomic E-state index is 12.8. The summed E-state index contributed by atoms with van der Waals surface area (Å²) in [4.78, 5) is 0. The third kappa shape index (κ3) is 9.64. The van der Waals surface area contributed by atoms with Crippen LogP contribution in [-0.4, -0.2) is 24.9 Å². The molecule has 4 nitrogen and oxygen atoms in total. The second kappa shape index (κ2) is 13.9. The minimum absolute atomic E-state index is 0.326. The van der Waals surface area contributed by atoms with Gasteiger partial charge in [-0.25, -0.2) is 17.6 Å². The van der Waals surface area contributed by atoms with Gasteiger partial charge in [0.2, 0.25) is 0 Å². The Morgan fingerprint density at radius 3 is 0.778 bits per heavy atom. The smallest absolute Gasteiger partial charge is 0.123 e. The van der Waals surface area contributed by atoms with E-state index in [2.05, 4.69) is 20.4 Å². The fourth-order valence-corrected chi connectivity index (χ4v) is 2.75. The van der Waals surface area contributed by atoms with Gasteiger partial charge in [-0.1, -0.05) is 48.5 Å². The summed E-state index contributed by atoms with van der Waals surface area (Å²) in [7, 11) is 0. The minimum atomic E-state index is -0.326. The van der Waals surface area contributed by atoms with Crippen molar-refractivity contribution in [2.45, 2.75) is 0 Å². The van der Waals surface area contributed by atoms with Gasteiger partial charge >= 0.3 is 0 Å². The lowest BCUT2D eigenvalue weighted by Crippen LogP contribution is -1.83. The molecule has 0 heterocycles. The molecule has 8 heteroatoms. The quantitative estimate of drug-likeness (QED) is 0.162. The molecule has 0 saturated heterocycles. The van der Waals surface area contributed by atoms with Crippen molar-refractivity contribution in [2.75, 3.05) is 0 Å². The Morgan fingerprint density at radius 2 is 0.583 bits per heavy atom. The van der Waals surface area contributed by atoms with Crippen LogP contribution in [0.25, 0.3) is 0 Å².